The van der Waals surface area contributed by atoms with E-state index in [9.17, 15) is 4.79 Å². The van der Waals surface area contributed by atoms with Gasteiger partial charge < -0.3 is 10.7 Å². The number of ketones is 1. The van der Waals surface area contributed by atoms with E-state index in [1.54, 1.807) is 6.20 Å². The standard InChI is InChI=1S/C17H18ClN3OS/c1-9(2)16(19)23-8-15(22)10-3-4-14-12(5-10)13-6-11(18)7-20-17(13)21-14/h3-7,9,16H,8,19H2,1-2H3,(H,20,21). The third kappa shape index (κ3) is 3.37. The number of aromatic nitrogens is 2. The van der Waals surface area contributed by atoms with Crippen LogP contribution in [0.5, 0.6) is 0 Å². The molecule has 1 atom stereocenters. The van der Waals surface area contributed by atoms with E-state index in [2.05, 4.69) is 23.8 Å². The van der Waals surface area contributed by atoms with E-state index in [4.69, 9.17) is 17.3 Å². The van der Waals surface area contributed by atoms with Crippen LogP contribution in [-0.2, 0) is 0 Å². The van der Waals surface area contributed by atoms with Crippen molar-refractivity contribution < 1.29 is 4.79 Å². The lowest BCUT2D eigenvalue weighted by Crippen LogP contribution is -2.24. The molecule has 0 amide bonds. The van der Waals surface area contributed by atoms with E-state index >= 15 is 0 Å². The van der Waals surface area contributed by atoms with Gasteiger partial charge in [-0.25, -0.2) is 4.98 Å². The molecule has 0 radical (unpaired) electrons. The Morgan fingerprint density at radius 1 is 1.35 bits per heavy atom. The van der Waals surface area contributed by atoms with Crippen molar-refractivity contribution in [1.82, 2.24) is 9.97 Å². The molecule has 1 aromatic carbocycles. The van der Waals surface area contributed by atoms with Crippen LogP contribution in [0, 0.1) is 5.92 Å². The number of pyridine rings is 1. The molecule has 1 unspecified atom stereocenters. The highest BCUT2D eigenvalue weighted by molar-refractivity contribution is 8.00. The Morgan fingerprint density at radius 2 is 2.13 bits per heavy atom. The van der Waals surface area contributed by atoms with E-state index in [0.717, 1.165) is 21.9 Å². The summed E-state index contributed by atoms with van der Waals surface area (Å²) in [4.78, 5) is 19.9. The normalized spacial score (nSPS) is 13.1. The molecular weight excluding hydrogens is 330 g/mol. The van der Waals surface area contributed by atoms with E-state index in [-0.39, 0.29) is 11.2 Å². The summed E-state index contributed by atoms with van der Waals surface area (Å²) in [6.07, 6.45) is 1.61. The van der Waals surface area contributed by atoms with Crippen LogP contribution < -0.4 is 5.73 Å². The number of fused-ring (bicyclic) bond motifs is 3. The van der Waals surface area contributed by atoms with Gasteiger partial charge >= 0.3 is 0 Å². The van der Waals surface area contributed by atoms with Crippen molar-refractivity contribution in [3.8, 4) is 0 Å². The Balaban J connectivity index is 1.91. The van der Waals surface area contributed by atoms with Gasteiger partial charge in [-0.15, -0.1) is 11.8 Å². The summed E-state index contributed by atoms with van der Waals surface area (Å²) in [7, 11) is 0. The lowest BCUT2D eigenvalue weighted by Gasteiger charge is -2.14. The van der Waals surface area contributed by atoms with Gasteiger partial charge in [0.25, 0.3) is 0 Å². The second kappa shape index (κ2) is 6.51. The van der Waals surface area contributed by atoms with Gasteiger partial charge in [-0.2, -0.15) is 0 Å². The fourth-order valence-electron chi connectivity index (χ4n) is 2.37. The quantitative estimate of drug-likeness (QED) is 0.535. The summed E-state index contributed by atoms with van der Waals surface area (Å²) in [5.41, 5.74) is 8.38. The highest BCUT2D eigenvalue weighted by Crippen LogP contribution is 2.27. The molecule has 3 aromatic rings. The summed E-state index contributed by atoms with van der Waals surface area (Å²) in [5, 5.41) is 2.43. The van der Waals surface area contributed by atoms with Crippen LogP contribution in [0.4, 0.5) is 0 Å². The van der Waals surface area contributed by atoms with Crippen LogP contribution in [0.25, 0.3) is 21.9 Å². The highest BCUT2D eigenvalue weighted by Gasteiger charge is 2.14. The molecule has 3 N–H and O–H groups in total. The monoisotopic (exact) mass is 347 g/mol. The number of carbonyl (C=O) groups excluding carboxylic acids is 1. The predicted octanol–water partition coefficient (Wildman–Crippen LogP) is 4.23. The Morgan fingerprint density at radius 3 is 2.87 bits per heavy atom. The zero-order valence-electron chi connectivity index (χ0n) is 13.0. The van der Waals surface area contributed by atoms with Crippen molar-refractivity contribution in [2.24, 2.45) is 11.7 Å². The third-order valence-corrected chi connectivity index (χ3v) is 5.37. The van der Waals surface area contributed by atoms with Gasteiger partial charge in [0.1, 0.15) is 5.65 Å². The van der Waals surface area contributed by atoms with Crippen molar-refractivity contribution in [1.29, 1.82) is 0 Å². The Kier molecular flexibility index (Phi) is 4.62. The number of aromatic amines is 1. The zero-order valence-corrected chi connectivity index (χ0v) is 14.5. The Labute approximate surface area is 143 Å². The summed E-state index contributed by atoms with van der Waals surface area (Å²) in [6.45, 7) is 4.10. The lowest BCUT2D eigenvalue weighted by molar-refractivity contribution is 0.102. The van der Waals surface area contributed by atoms with Gasteiger partial charge in [-0.1, -0.05) is 25.4 Å². The first-order chi connectivity index (χ1) is 11.0. The number of nitrogens with zero attached hydrogens (tertiary/aromatic N) is 1. The van der Waals surface area contributed by atoms with Crippen molar-refractivity contribution in [2.75, 3.05) is 5.75 Å². The second-order valence-corrected chi connectivity index (χ2v) is 7.48. The fraction of sp³-hybridized carbons (Fsp3) is 0.294. The minimum absolute atomic E-state index is 0.0289. The number of thioether (sulfide) groups is 1. The van der Waals surface area contributed by atoms with E-state index in [0.29, 0.717) is 22.3 Å². The van der Waals surface area contributed by atoms with E-state index < -0.39 is 0 Å². The maximum absolute atomic E-state index is 12.4. The van der Waals surface area contributed by atoms with Crippen LogP contribution in [0.15, 0.2) is 30.5 Å². The van der Waals surface area contributed by atoms with Crippen molar-refractivity contribution in [3.05, 3.63) is 41.0 Å². The summed E-state index contributed by atoms with van der Waals surface area (Å²) in [5.74, 6) is 0.807. The number of benzene rings is 1. The van der Waals surface area contributed by atoms with E-state index in [1.807, 2.05) is 24.3 Å². The molecule has 0 aliphatic heterocycles. The van der Waals surface area contributed by atoms with Crippen LogP contribution >= 0.6 is 23.4 Å². The molecule has 0 saturated heterocycles. The number of hydrogen-bond donors (Lipinski definition) is 2. The topological polar surface area (TPSA) is 71.8 Å². The van der Waals surface area contributed by atoms with Gasteiger partial charge in [0.2, 0.25) is 0 Å². The molecule has 6 heteroatoms. The molecule has 0 saturated carbocycles. The van der Waals surface area contributed by atoms with Gasteiger partial charge in [0, 0.05) is 28.0 Å². The van der Waals surface area contributed by atoms with Crippen LogP contribution in [-0.4, -0.2) is 26.9 Å². The lowest BCUT2D eigenvalue weighted by atomic mass is 10.1. The van der Waals surface area contributed by atoms with Gasteiger partial charge in [0.15, 0.2) is 5.78 Å². The Bertz CT molecular complexity index is 875. The minimum atomic E-state index is -0.0289. The maximum Gasteiger partial charge on any atom is 0.172 e. The molecule has 4 nitrogen and oxygen atoms in total. The highest BCUT2D eigenvalue weighted by atomic mass is 35.5. The van der Waals surface area contributed by atoms with Crippen molar-refractivity contribution in [2.45, 2.75) is 19.2 Å². The van der Waals surface area contributed by atoms with Crippen LogP contribution in [0.1, 0.15) is 24.2 Å². The van der Waals surface area contributed by atoms with Gasteiger partial charge in [0.05, 0.1) is 16.1 Å². The van der Waals surface area contributed by atoms with Crippen molar-refractivity contribution >= 4 is 51.1 Å². The number of nitrogens with two attached hydrogens (primary N) is 1. The number of rotatable bonds is 5. The maximum atomic E-state index is 12.4. The zero-order chi connectivity index (χ0) is 16.6. The molecule has 0 bridgehead atoms. The number of halogens is 1. The summed E-state index contributed by atoms with van der Waals surface area (Å²) in [6, 6.07) is 7.50. The van der Waals surface area contributed by atoms with E-state index in [1.165, 1.54) is 11.8 Å². The summed E-state index contributed by atoms with van der Waals surface area (Å²) < 4.78 is 0. The summed E-state index contributed by atoms with van der Waals surface area (Å²) >= 11 is 7.52. The SMILES string of the molecule is CC(C)C(N)SCC(=O)c1ccc2[nH]c3ncc(Cl)cc3c2c1. The molecule has 3 rings (SSSR count). The third-order valence-electron chi connectivity index (χ3n) is 3.80. The molecule has 2 aromatic heterocycles. The first-order valence-corrected chi connectivity index (χ1v) is 8.85. The number of nitrogens with one attached hydrogen (secondary N) is 1. The Hall–Kier alpha value is -1.56. The molecule has 120 valence electrons. The first-order valence-electron chi connectivity index (χ1n) is 7.43. The molecule has 0 fully saturated rings. The van der Waals surface area contributed by atoms with Crippen LogP contribution in [0.2, 0.25) is 5.02 Å². The first kappa shape index (κ1) is 16.3. The average molecular weight is 348 g/mol. The van der Waals surface area contributed by atoms with Crippen molar-refractivity contribution in [3.63, 3.8) is 0 Å². The number of hydrogen-bond acceptors (Lipinski definition) is 4. The van der Waals surface area contributed by atoms with Gasteiger partial charge in [-0.3, -0.25) is 4.79 Å². The molecule has 0 aliphatic rings. The average Bonchev–Trinajstić information content (AvgIpc) is 2.89. The molecule has 23 heavy (non-hydrogen) atoms. The number of carbonyl (C=O) groups is 1. The molecule has 0 aliphatic carbocycles. The minimum Gasteiger partial charge on any atom is -0.339 e. The predicted molar refractivity (Wildman–Crippen MR) is 98.2 cm³/mol. The number of Topliss-reactive ketones (excluding diaryl/α,β-unsaturated/α-hetero) is 1. The number of H-pyrrole nitrogens is 1. The smallest absolute Gasteiger partial charge is 0.172 e. The fourth-order valence-corrected chi connectivity index (χ4v) is 3.42. The molecule has 0 spiro atoms. The molecule has 2 heterocycles. The largest absolute Gasteiger partial charge is 0.339 e. The molecular formula is C17H18ClN3OS. The second-order valence-electron chi connectivity index (χ2n) is 5.88. The van der Waals surface area contributed by atoms with Gasteiger partial charge in [-0.05, 0) is 30.2 Å². The van der Waals surface area contributed by atoms with Crippen LogP contribution in [0.3, 0.4) is 0 Å².